The largest absolute Gasteiger partial charge is 0.497 e. The van der Waals surface area contributed by atoms with Crippen molar-refractivity contribution in [1.82, 2.24) is 19.2 Å². The van der Waals surface area contributed by atoms with Crippen LogP contribution >= 0.6 is 0 Å². The van der Waals surface area contributed by atoms with Gasteiger partial charge in [-0.15, -0.1) is 0 Å². The van der Waals surface area contributed by atoms with Gasteiger partial charge >= 0.3 is 0 Å². The summed E-state index contributed by atoms with van der Waals surface area (Å²) in [5, 5.41) is 4.86. The van der Waals surface area contributed by atoms with Crippen molar-refractivity contribution in [2.45, 2.75) is 39.4 Å². The normalized spacial score (nSPS) is 13.5. The molecular formula is C22H26N4O3. The molecule has 0 atom stereocenters. The highest BCUT2D eigenvalue weighted by atomic mass is 16.5. The Morgan fingerprint density at radius 1 is 1.07 bits per heavy atom. The van der Waals surface area contributed by atoms with Crippen molar-refractivity contribution in [3.8, 4) is 17.3 Å². The van der Waals surface area contributed by atoms with Gasteiger partial charge < -0.3 is 18.9 Å². The van der Waals surface area contributed by atoms with Gasteiger partial charge in [-0.3, -0.25) is 4.79 Å². The summed E-state index contributed by atoms with van der Waals surface area (Å²) in [5.74, 6) is 2.08. The van der Waals surface area contributed by atoms with Crippen LogP contribution in [-0.4, -0.2) is 39.4 Å². The molecule has 0 unspecified atom stereocenters. The van der Waals surface area contributed by atoms with E-state index in [-0.39, 0.29) is 11.4 Å². The van der Waals surface area contributed by atoms with Crippen molar-refractivity contribution < 1.29 is 14.3 Å². The van der Waals surface area contributed by atoms with Gasteiger partial charge in [-0.1, -0.05) is 0 Å². The number of aromatic nitrogens is 3. The van der Waals surface area contributed by atoms with E-state index in [2.05, 4.69) is 25.3 Å². The molecule has 4 rings (SSSR count). The van der Waals surface area contributed by atoms with Gasteiger partial charge in [0.15, 0.2) is 0 Å². The molecular weight excluding hydrogens is 368 g/mol. The lowest BCUT2D eigenvalue weighted by molar-refractivity contribution is 0.0745. The van der Waals surface area contributed by atoms with Crippen LogP contribution in [0.2, 0.25) is 0 Å². The fourth-order valence-electron chi connectivity index (χ4n) is 3.70. The summed E-state index contributed by atoms with van der Waals surface area (Å²) in [6.45, 7) is 7.38. The maximum absolute atomic E-state index is 13.2. The molecule has 0 aliphatic carbocycles. The van der Waals surface area contributed by atoms with E-state index in [4.69, 9.17) is 14.6 Å². The maximum Gasteiger partial charge on any atom is 0.258 e. The third kappa shape index (κ3) is 3.26. The molecule has 0 radical (unpaired) electrons. The number of carbonyl (C=O) groups is 1. The number of carbonyl (C=O) groups excluding carboxylic acids is 1. The predicted octanol–water partition coefficient (Wildman–Crippen LogP) is 3.60. The SMILES string of the molecule is COc1ccc(C(=O)N2Cc3nn(C(C)(C)C)c(-n4cccc4)c3C2)c(OC)c1. The molecule has 3 heterocycles. The number of rotatable bonds is 4. The maximum atomic E-state index is 13.2. The van der Waals surface area contributed by atoms with Crippen molar-refractivity contribution in [2.75, 3.05) is 14.2 Å². The highest BCUT2D eigenvalue weighted by molar-refractivity contribution is 5.97. The van der Waals surface area contributed by atoms with Gasteiger partial charge in [0.05, 0.1) is 44.1 Å². The fraction of sp³-hybridized carbons (Fsp3) is 0.364. The van der Waals surface area contributed by atoms with Crippen LogP contribution in [0.15, 0.2) is 42.7 Å². The molecule has 0 saturated heterocycles. The quantitative estimate of drug-likeness (QED) is 0.678. The Balaban J connectivity index is 1.69. The van der Waals surface area contributed by atoms with Gasteiger partial charge in [-0.2, -0.15) is 5.10 Å². The van der Waals surface area contributed by atoms with E-state index < -0.39 is 0 Å². The minimum Gasteiger partial charge on any atom is -0.497 e. The Bertz CT molecular complexity index is 1040. The second-order valence-corrected chi connectivity index (χ2v) is 8.15. The molecule has 7 heteroatoms. The number of nitrogens with zero attached hydrogens (tertiary/aromatic N) is 4. The molecule has 0 spiro atoms. The first-order valence-corrected chi connectivity index (χ1v) is 9.59. The van der Waals surface area contributed by atoms with Crippen LogP contribution in [0, 0.1) is 0 Å². The summed E-state index contributed by atoms with van der Waals surface area (Å²) < 4.78 is 14.8. The lowest BCUT2D eigenvalue weighted by Crippen LogP contribution is -2.29. The zero-order valence-corrected chi connectivity index (χ0v) is 17.5. The van der Waals surface area contributed by atoms with Crippen LogP contribution in [0.5, 0.6) is 11.5 Å². The number of benzene rings is 1. The Kier molecular flexibility index (Phi) is 4.61. The molecule has 1 aliphatic heterocycles. The molecule has 0 bridgehead atoms. The molecule has 0 N–H and O–H groups in total. The standard InChI is InChI=1S/C22H26N4O3/c1-22(2,3)26-20(24-10-6-7-11-24)17-13-25(14-18(17)23-26)21(27)16-9-8-15(28-4)12-19(16)29-5/h6-12H,13-14H2,1-5H3. The number of hydrogen-bond acceptors (Lipinski definition) is 4. The zero-order valence-electron chi connectivity index (χ0n) is 17.5. The number of ether oxygens (including phenoxy) is 2. The van der Waals surface area contributed by atoms with Crippen molar-refractivity contribution >= 4 is 5.91 Å². The van der Waals surface area contributed by atoms with E-state index in [0.717, 1.165) is 17.1 Å². The first kappa shape index (κ1) is 19.1. The van der Waals surface area contributed by atoms with E-state index in [0.29, 0.717) is 30.2 Å². The van der Waals surface area contributed by atoms with Crippen LogP contribution in [0.4, 0.5) is 0 Å². The van der Waals surface area contributed by atoms with Crippen LogP contribution < -0.4 is 9.47 Å². The Labute approximate surface area is 170 Å². The van der Waals surface area contributed by atoms with E-state index in [1.807, 2.05) is 34.1 Å². The van der Waals surface area contributed by atoms with E-state index in [9.17, 15) is 4.79 Å². The van der Waals surface area contributed by atoms with Crippen molar-refractivity contribution in [2.24, 2.45) is 0 Å². The van der Waals surface area contributed by atoms with Gasteiger partial charge in [0.25, 0.3) is 5.91 Å². The minimum absolute atomic E-state index is 0.0803. The molecule has 29 heavy (non-hydrogen) atoms. The first-order valence-electron chi connectivity index (χ1n) is 9.59. The van der Waals surface area contributed by atoms with Crippen molar-refractivity contribution in [3.05, 3.63) is 59.5 Å². The average Bonchev–Trinajstić information content (AvgIpc) is 3.41. The summed E-state index contributed by atoms with van der Waals surface area (Å²) in [7, 11) is 3.15. The van der Waals surface area contributed by atoms with Gasteiger partial charge in [0, 0.05) is 24.0 Å². The monoisotopic (exact) mass is 394 g/mol. The van der Waals surface area contributed by atoms with Crippen LogP contribution in [-0.2, 0) is 18.6 Å². The van der Waals surface area contributed by atoms with E-state index >= 15 is 0 Å². The minimum atomic E-state index is -0.169. The second-order valence-electron chi connectivity index (χ2n) is 8.15. The van der Waals surface area contributed by atoms with Crippen LogP contribution in [0.25, 0.3) is 5.82 Å². The topological polar surface area (TPSA) is 61.5 Å². The highest BCUT2D eigenvalue weighted by Gasteiger charge is 2.34. The van der Waals surface area contributed by atoms with Gasteiger partial charge in [-0.25, -0.2) is 4.68 Å². The fourth-order valence-corrected chi connectivity index (χ4v) is 3.70. The third-order valence-electron chi connectivity index (χ3n) is 5.14. The van der Waals surface area contributed by atoms with Crippen molar-refractivity contribution in [3.63, 3.8) is 0 Å². The molecule has 7 nitrogen and oxygen atoms in total. The lowest BCUT2D eigenvalue weighted by Gasteiger charge is -2.25. The van der Waals surface area contributed by atoms with E-state index in [1.54, 1.807) is 32.4 Å². The summed E-state index contributed by atoms with van der Waals surface area (Å²) in [6, 6.07) is 9.24. The molecule has 152 valence electrons. The predicted molar refractivity (Wildman–Crippen MR) is 110 cm³/mol. The molecule has 3 aromatic rings. The van der Waals surface area contributed by atoms with Gasteiger partial charge in [-0.05, 0) is 45.0 Å². The molecule has 1 aromatic carbocycles. The average molecular weight is 394 g/mol. The number of methoxy groups -OCH3 is 2. The molecule has 1 aliphatic rings. The number of fused-ring (bicyclic) bond motifs is 1. The van der Waals surface area contributed by atoms with Gasteiger partial charge in [0.2, 0.25) is 0 Å². The second kappa shape index (κ2) is 6.99. The van der Waals surface area contributed by atoms with Crippen molar-refractivity contribution in [1.29, 1.82) is 0 Å². The lowest BCUT2D eigenvalue weighted by atomic mass is 10.1. The molecule has 2 aromatic heterocycles. The van der Waals surface area contributed by atoms with Crippen LogP contribution in [0.3, 0.4) is 0 Å². The smallest absolute Gasteiger partial charge is 0.258 e. The number of amides is 1. The number of hydrogen-bond donors (Lipinski definition) is 0. The summed E-state index contributed by atoms with van der Waals surface area (Å²) in [6.07, 6.45) is 4.02. The summed E-state index contributed by atoms with van der Waals surface area (Å²) in [4.78, 5) is 15.0. The highest BCUT2D eigenvalue weighted by Crippen LogP contribution is 2.34. The first-order chi connectivity index (χ1) is 13.8. The molecule has 0 fully saturated rings. The summed E-state index contributed by atoms with van der Waals surface area (Å²) >= 11 is 0. The zero-order chi connectivity index (χ0) is 20.8. The third-order valence-corrected chi connectivity index (χ3v) is 5.14. The van der Waals surface area contributed by atoms with E-state index in [1.165, 1.54) is 0 Å². The Morgan fingerprint density at radius 2 is 1.79 bits per heavy atom. The molecule has 0 saturated carbocycles. The summed E-state index contributed by atoms with van der Waals surface area (Å²) in [5.41, 5.74) is 2.36. The Morgan fingerprint density at radius 3 is 2.41 bits per heavy atom. The molecule has 1 amide bonds. The van der Waals surface area contributed by atoms with Gasteiger partial charge in [0.1, 0.15) is 17.3 Å². The van der Waals surface area contributed by atoms with Crippen LogP contribution in [0.1, 0.15) is 42.4 Å². The Hall–Kier alpha value is -3.22.